The molecular weight excluding hydrogens is 466 g/mol. The predicted octanol–water partition coefficient (Wildman–Crippen LogP) is 4.37. The largest absolute Gasteiger partial charge is 0.497 e. The van der Waals surface area contributed by atoms with Crippen LogP contribution in [-0.2, 0) is 22.7 Å². The van der Waals surface area contributed by atoms with Crippen molar-refractivity contribution in [2.45, 2.75) is 39.4 Å². The van der Waals surface area contributed by atoms with Gasteiger partial charge in [0.2, 0.25) is 11.8 Å². The Hall–Kier alpha value is -4.20. The average Bonchev–Trinajstić information content (AvgIpc) is 3.31. The summed E-state index contributed by atoms with van der Waals surface area (Å²) in [6.07, 6.45) is 0.841. The summed E-state index contributed by atoms with van der Waals surface area (Å²) >= 11 is 0. The molecule has 1 aromatic heterocycles. The van der Waals surface area contributed by atoms with E-state index in [1.165, 1.54) is 0 Å². The summed E-state index contributed by atoms with van der Waals surface area (Å²) < 4.78 is 7.01. The number of aromatic nitrogens is 3. The molecule has 37 heavy (non-hydrogen) atoms. The number of amides is 2. The van der Waals surface area contributed by atoms with E-state index in [1.54, 1.807) is 16.7 Å². The number of benzene rings is 3. The Bertz CT molecular complexity index is 1340. The summed E-state index contributed by atoms with van der Waals surface area (Å²) in [5, 5.41) is 11.4. The van der Waals surface area contributed by atoms with Gasteiger partial charge in [-0.05, 0) is 47.7 Å². The standard InChI is InChI=1S/C29H33N5O3/c1-21(2)16-17-30-29(36)28(23-12-9-13-24(18-23)37-3)33(19-22-10-5-4-6-11-22)27(35)20-34-26-15-8-7-14-25(26)31-32-34/h4-15,18,21,28H,16-17,19-20H2,1-3H3,(H,30,36)/t28-/m1/s1. The fourth-order valence-corrected chi connectivity index (χ4v) is 4.22. The number of ether oxygens (including phenoxy) is 1. The normalized spacial score (nSPS) is 11.9. The number of rotatable bonds is 11. The third kappa shape index (κ3) is 6.52. The van der Waals surface area contributed by atoms with Crippen LogP contribution in [0.3, 0.4) is 0 Å². The molecule has 1 N–H and O–H groups in total. The molecule has 0 aliphatic rings. The van der Waals surface area contributed by atoms with Crippen molar-refractivity contribution in [3.05, 3.63) is 90.0 Å². The average molecular weight is 500 g/mol. The fraction of sp³-hybridized carbons (Fsp3) is 0.310. The molecule has 4 aromatic rings. The molecule has 2 amide bonds. The number of fused-ring (bicyclic) bond motifs is 1. The summed E-state index contributed by atoms with van der Waals surface area (Å²) in [4.78, 5) is 29.3. The third-order valence-electron chi connectivity index (χ3n) is 6.21. The highest BCUT2D eigenvalue weighted by molar-refractivity contribution is 5.89. The van der Waals surface area contributed by atoms with Gasteiger partial charge in [0.05, 0.1) is 12.6 Å². The van der Waals surface area contributed by atoms with E-state index >= 15 is 0 Å². The SMILES string of the molecule is COc1cccc([C@H](C(=O)NCCC(C)C)N(Cc2ccccc2)C(=O)Cn2nnc3ccccc32)c1. The maximum absolute atomic E-state index is 13.9. The van der Waals surface area contributed by atoms with Gasteiger partial charge in [0, 0.05) is 13.1 Å². The summed E-state index contributed by atoms with van der Waals surface area (Å²) in [5.74, 6) is 0.582. The molecule has 0 saturated carbocycles. The van der Waals surface area contributed by atoms with E-state index in [1.807, 2.05) is 78.9 Å². The Labute approximate surface area is 217 Å². The molecular formula is C29H33N5O3. The number of nitrogens with one attached hydrogen (secondary N) is 1. The van der Waals surface area contributed by atoms with E-state index < -0.39 is 6.04 Å². The molecule has 1 atom stereocenters. The Morgan fingerprint density at radius 3 is 2.51 bits per heavy atom. The minimum atomic E-state index is -0.857. The molecule has 0 unspecified atom stereocenters. The highest BCUT2D eigenvalue weighted by Gasteiger charge is 2.32. The number of hydrogen-bond acceptors (Lipinski definition) is 5. The molecule has 0 fully saturated rings. The highest BCUT2D eigenvalue weighted by Crippen LogP contribution is 2.27. The van der Waals surface area contributed by atoms with Crippen molar-refractivity contribution in [2.75, 3.05) is 13.7 Å². The lowest BCUT2D eigenvalue weighted by Crippen LogP contribution is -2.45. The zero-order valence-electron chi connectivity index (χ0n) is 21.5. The molecule has 0 aliphatic carbocycles. The van der Waals surface area contributed by atoms with Crippen LogP contribution in [0.1, 0.15) is 37.4 Å². The Morgan fingerprint density at radius 1 is 1.00 bits per heavy atom. The molecule has 8 heteroatoms. The second-order valence-corrected chi connectivity index (χ2v) is 9.40. The van der Waals surface area contributed by atoms with Crippen molar-refractivity contribution in [2.24, 2.45) is 5.92 Å². The van der Waals surface area contributed by atoms with Gasteiger partial charge in [-0.2, -0.15) is 0 Å². The first-order chi connectivity index (χ1) is 18.0. The maximum atomic E-state index is 13.9. The number of carbonyl (C=O) groups excluding carboxylic acids is 2. The van der Waals surface area contributed by atoms with Crippen LogP contribution in [0.2, 0.25) is 0 Å². The lowest BCUT2D eigenvalue weighted by Gasteiger charge is -2.32. The van der Waals surface area contributed by atoms with Crippen LogP contribution < -0.4 is 10.1 Å². The van der Waals surface area contributed by atoms with Gasteiger partial charge in [0.1, 0.15) is 23.9 Å². The Morgan fingerprint density at radius 2 is 1.76 bits per heavy atom. The van der Waals surface area contributed by atoms with Crippen molar-refractivity contribution < 1.29 is 14.3 Å². The van der Waals surface area contributed by atoms with Crippen LogP contribution in [0.15, 0.2) is 78.9 Å². The van der Waals surface area contributed by atoms with E-state index in [0.717, 1.165) is 17.5 Å². The van der Waals surface area contributed by atoms with Crippen molar-refractivity contribution in [3.8, 4) is 5.75 Å². The summed E-state index contributed by atoms with van der Waals surface area (Å²) in [6, 6.07) is 23.6. The topological polar surface area (TPSA) is 89.4 Å². The molecule has 0 aliphatic heterocycles. The monoisotopic (exact) mass is 499 g/mol. The number of para-hydroxylation sites is 1. The van der Waals surface area contributed by atoms with E-state index in [0.29, 0.717) is 29.3 Å². The Kier molecular flexibility index (Phi) is 8.51. The number of nitrogens with zero attached hydrogens (tertiary/aromatic N) is 4. The lowest BCUT2D eigenvalue weighted by atomic mass is 10.0. The van der Waals surface area contributed by atoms with Crippen LogP contribution >= 0.6 is 0 Å². The second kappa shape index (κ2) is 12.2. The van der Waals surface area contributed by atoms with Crippen molar-refractivity contribution >= 4 is 22.8 Å². The predicted molar refractivity (Wildman–Crippen MR) is 143 cm³/mol. The minimum Gasteiger partial charge on any atom is -0.497 e. The number of carbonyl (C=O) groups is 2. The molecule has 8 nitrogen and oxygen atoms in total. The first kappa shape index (κ1) is 25.9. The van der Waals surface area contributed by atoms with E-state index in [9.17, 15) is 9.59 Å². The van der Waals surface area contributed by atoms with Gasteiger partial charge in [-0.3, -0.25) is 9.59 Å². The summed E-state index contributed by atoms with van der Waals surface area (Å²) in [5.41, 5.74) is 3.06. The van der Waals surface area contributed by atoms with Crippen molar-refractivity contribution in [3.63, 3.8) is 0 Å². The van der Waals surface area contributed by atoms with Crippen molar-refractivity contribution in [1.82, 2.24) is 25.2 Å². The molecule has 0 radical (unpaired) electrons. The van der Waals surface area contributed by atoms with Gasteiger partial charge in [-0.1, -0.05) is 73.7 Å². The van der Waals surface area contributed by atoms with Gasteiger partial charge in [-0.25, -0.2) is 4.68 Å². The number of methoxy groups -OCH3 is 1. The zero-order chi connectivity index (χ0) is 26.2. The molecule has 4 rings (SSSR count). The van der Waals surface area contributed by atoms with Crippen molar-refractivity contribution in [1.29, 1.82) is 0 Å². The van der Waals surface area contributed by atoms with Crippen LogP contribution in [0.25, 0.3) is 11.0 Å². The van der Waals surface area contributed by atoms with Crippen LogP contribution in [0.4, 0.5) is 0 Å². The molecule has 0 spiro atoms. The fourth-order valence-electron chi connectivity index (χ4n) is 4.22. The van der Waals surface area contributed by atoms with Gasteiger partial charge in [0.25, 0.3) is 0 Å². The van der Waals surface area contributed by atoms with E-state index in [2.05, 4.69) is 29.5 Å². The van der Waals surface area contributed by atoms with Gasteiger partial charge >= 0.3 is 0 Å². The molecule has 0 bridgehead atoms. The molecule has 0 saturated heterocycles. The highest BCUT2D eigenvalue weighted by atomic mass is 16.5. The zero-order valence-corrected chi connectivity index (χ0v) is 21.5. The third-order valence-corrected chi connectivity index (χ3v) is 6.21. The minimum absolute atomic E-state index is 0.0485. The smallest absolute Gasteiger partial charge is 0.247 e. The first-order valence-corrected chi connectivity index (χ1v) is 12.5. The first-order valence-electron chi connectivity index (χ1n) is 12.5. The van der Waals surface area contributed by atoms with E-state index in [-0.39, 0.29) is 24.9 Å². The lowest BCUT2D eigenvalue weighted by molar-refractivity contribution is -0.142. The summed E-state index contributed by atoms with van der Waals surface area (Å²) in [7, 11) is 1.58. The maximum Gasteiger partial charge on any atom is 0.247 e. The molecule has 1 heterocycles. The molecule has 3 aromatic carbocycles. The van der Waals surface area contributed by atoms with E-state index in [4.69, 9.17) is 4.74 Å². The Balaban J connectivity index is 1.72. The van der Waals surface area contributed by atoms with Gasteiger partial charge in [-0.15, -0.1) is 5.10 Å². The van der Waals surface area contributed by atoms with Gasteiger partial charge < -0.3 is 15.0 Å². The van der Waals surface area contributed by atoms with Crippen LogP contribution in [0, 0.1) is 5.92 Å². The molecule has 192 valence electrons. The summed E-state index contributed by atoms with van der Waals surface area (Å²) in [6.45, 7) is 4.95. The second-order valence-electron chi connectivity index (χ2n) is 9.40. The van der Waals surface area contributed by atoms with Crippen LogP contribution in [0.5, 0.6) is 5.75 Å². The van der Waals surface area contributed by atoms with Crippen LogP contribution in [-0.4, -0.2) is 45.4 Å². The number of hydrogen-bond donors (Lipinski definition) is 1. The van der Waals surface area contributed by atoms with Gasteiger partial charge in [0.15, 0.2) is 0 Å². The quantitative estimate of drug-likeness (QED) is 0.331.